The van der Waals surface area contributed by atoms with E-state index in [1.165, 1.54) is 0 Å². The van der Waals surface area contributed by atoms with Crippen molar-refractivity contribution in [1.29, 1.82) is 0 Å². The molecule has 0 atom stereocenters. The largest absolute Gasteiger partial charge is 0.384 e. The first kappa shape index (κ1) is 6.29. The fraction of sp³-hybridized carbons (Fsp3) is 0.500. The predicted molar refractivity (Wildman–Crippen MR) is 36.3 cm³/mol. The number of rotatable bonds is 3. The number of H-pyrrole nitrogens is 1. The Morgan fingerprint density at radius 2 is 2.78 bits per heavy atom. The standard InChI is InChI=1S/C6H10N2O.H2/c1-9-3-2-6-4-7-5-8-6;/h4-5H,2-3H2,1H3,(H,7,8);1H. The Bertz CT molecular complexity index is 153. The van der Waals surface area contributed by atoms with Crippen molar-refractivity contribution >= 4 is 0 Å². The molecule has 0 aliphatic rings. The predicted octanol–water partition coefficient (Wildman–Crippen LogP) is 0.845. The van der Waals surface area contributed by atoms with E-state index in [0.29, 0.717) is 0 Å². The minimum atomic E-state index is 0. The normalized spacial score (nSPS) is 9.89. The van der Waals surface area contributed by atoms with Gasteiger partial charge in [0.05, 0.1) is 12.9 Å². The van der Waals surface area contributed by atoms with Crippen LogP contribution < -0.4 is 0 Å². The summed E-state index contributed by atoms with van der Waals surface area (Å²) in [7, 11) is 1.69. The van der Waals surface area contributed by atoms with E-state index < -0.39 is 0 Å². The molecule has 0 fully saturated rings. The Hall–Kier alpha value is -0.830. The van der Waals surface area contributed by atoms with Crippen LogP contribution in [-0.4, -0.2) is 23.7 Å². The van der Waals surface area contributed by atoms with Gasteiger partial charge in [0.25, 0.3) is 0 Å². The van der Waals surface area contributed by atoms with E-state index in [0.717, 1.165) is 18.7 Å². The summed E-state index contributed by atoms with van der Waals surface area (Å²) in [6, 6.07) is 0. The van der Waals surface area contributed by atoms with Crippen LogP contribution in [0.3, 0.4) is 0 Å². The SMILES string of the molecule is COCCc1cnc[nH]1.[HH]. The number of nitrogens with one attached hydrogen (secondary N) is 1. The fourth-order valence-electron chi connectivity index (χ4n) is 0.633. The molecule has 0 amide bonds. The highest BCUT2D eigenvalue weighted by atomic mass is 16.5. The highest BCUT2D eigenvalue weighted by Crippen LogP contribution is 1.90. The van der Waals surface area contributed by atoms with Gasteiger partial charge in [-0.1, -0.05) is 0 Å². The van der Waals surface area contributed by atoms with Gasteiger partial charge in [-0.15, -0.1) is 0 Å². The Kier molecular flexibility index (Phi) is 2.27. The van der Waals surface area contributed by atoms with Crippen molar-refractivity contribution in [2.45, 2.75) is 6.42 Å². The van der Waals surface area contributed by atoms with Crippen LogP contribution in [0.15, 0.2) is 12.5 Å². The second-order valence-electron chi connectivity index (χ2n) is 1.82. The van der Waals surface area contributed by atoms with Gasteiger partial charge in [-0.25, -0.2) is 4.98 Å². The lowest BCUT2D eigenvalue weighted by atomic mass is 10.4. The highest BCUT2D eigenvalue weighted by Gasteiger charge is 1.89. The van der Waals surface area contributed by atoms with Gasteiger partial charge < -0.3 is 9.72 Å². The molecule has 3 nitrogen and oxygen atoms in total. The van der Waals surface area contributed by atoms with Gasteiger partial charge in [0, 0.05) is 26.8 Å². The maximum Gasteiger partial charge on any atom is 0.0921 e. The molecular weight excluding hydrogens is 116 g/mol. The summed E-state index contributed by atoms with van der Waals surface area (Å²) >= 11 is 0. The summed E-state index contributed by atoms with van der Waals surface area (Å²) < 4.78 is 4.87. The summed E-state index contributed by atoms with van der Waals surface area (Å²) in [6.45, 7) is 0.752. The van der Waals surface area contributed by atoms with Crippen LogP contribution in [0.4, 0.5) is 0 Å². The smallest absolute Gasteiger partial charge is 0.0921 e. The van der Waals surface area contributed by atoms with Gasteiger partial charge in [-0.2, -0.15) is 0 Å². The lowest BCUT2D eigenvalue weighted by molar-refractivity contribution is 0.201. The molecule has 0 radical (unpaired) electrons. The van der Waals surface area contributed by atoms with Crippen molar-refractivity contribution in [3.8, 4) is 0 Å². The molecule has 1 N–H and O–H groups in total. The van der Waals surface area contributed by atoms with Crippen molar-refractivity contribution in [3.05, 3.63) is 18.2 Å². The zero-order chi connectivity index (χ0) is 6.53. The van der Waals surface area contributed by atoms with Crippen LogP contribution in [0, 0.1) is 0 Å². The summed E-state index contributed by atoms with van der Waals surface area (Å²) in [5.41, 5.74) is 1.12. The lowest BCUT2D eigenvalue weighted by Gasteiger charge is -1.92. The van der Waals surface area contributed by atoms with E-state index >= 15 is 0 Å². The van der Waals surface area contributed by atoms with E-state index in [-0.39, 0.29) is 1.43 Å². The molecule has 1 aromatic heterocycles. The van der Waals surface area contributed by atoms with Crippen LogP contribution in [-0.2, 0) is 11.2 Å². The van der Waals surface area contributed by atoms with Gasteiger partial charge in [0.15, 0.2) is 0 Å². The molecular formula is C6H12N2O. The molecule has 0 spiro atoms. The Labute approximate surface area is 55.6 Å². The number of nitrogens with zero attached hydrogens (tertiary/aromatic N) is 1. The Morgan fingerprint density at radius 3 is 3.33 bits per heavy atom. The number of ether oxygens (including phenoxy) is 1. The van der Waals surface area contributed by atoms with Gasteiger partial charge in [-0.05, 0) is 0 Å². The van der Waals surface area contributed by atoms with E-state index in [2.05, 4.69) is 9.97 Å². The topological polar surface area (TPSA) is 37.9 Å². The van der Waals surface area contributed by atoms with Gasteiger partial charge in [0.2, 0.25) is 0 Å². The molecule has 9 heavy (non-hydrogen) atoms. The van der Waals surface area contributed by atoms with Crippen LogP contribution in [0.25, 0.3) is 0 Å². The van der Waals surface area contributed by atoms with Crippen molar-refractivity contribution in [3.63, 3.8) is 0 Å². The molecule has 1 rings (SSSR count). The van der Waals surface area contributed by atoms with Crippen molar-refractivity contribution in [2.75, 3.05) is 13.7 Å². The minimum absolute atomic E-state index is 0. The maximum atomic E-state index is 4.87. The number of aromatic amines is 1. The van der Waals surface area contributed by atoms with E-state index in [1.54, 1.807) is 19.6 Å². The minimum Gasteiger partial charge on any atom is -0.384 e. The quantitative estimate of drug-likeness (QED) is 0.655. The zero-order valence-electron chi connectivity index (χ0n) is 5.42. The van der Waals surface area contributed by atoms with E-state index in [1.807, 2.05) is 0 Å². The molecule has 1 aromatic rings. The molecule has 0 aromatic carbocycles. The van der Waals surface area contributed by atoms with Crippen molar-refractivity contribution < 1.29 is 6.16 Å². The van der Waals surface area contributed by atoms with Gasteiger partial charge >= 0.3 is 0 Å². The first-order valence-corrected chi connectivity index (χ1v) is 2.89. The van der Waals surface area contributed by atoms with Crippen LogP contribution >= 0.6 is 0 Å². The molecule has 0 saturated heterocycles. The third kappa shape index (κ3) is 1.85. The average Bonchev–Trinajstić information content (AvgIpc) is 2.34. The molecule has 0 aliphatic carbocycles. The third-order valence-electron chi connectivity index (χ3n) is 1.13. The fourth-order valence-corrected chi connectivity index (χ4v) is 0.633. The first-order chi connectivity index (χ1) is 4.43. The zero-order valence-corrected chi connectivity index (χ0v) is 5.42. The highest BCUT2D eigenvalue weighted by molar-refractivity contribution is 4.93. The Balaban J connectivity index is 0.000000810. The summed E-state index contributed by atoms with van der Waals surface area (Å²) in [6.07, 6.45) is 4.39. The van der Waals surface area contributed by atoms with E-state index in [4.69, 9.17) is 4.74 Å². The summed E-state index contributed by atoms with van der Waals surface area (Å²) in [5, 5.41) is 0. The molecule has 0 bridgehead atoms. The van der Waals surface area contributed by atoms with Crippen molar-refractivity contribution in [2.24, 2.45) is 0 Å². The molecule has 0 aliphatic heterocycles. The maximum absolute atomic E-state index is 4.87. The molecule has 0 unspecified atom stereocenters. The molecule has 52 valence electrons. The summed E-state index contributed by atoms with van der Waals surface area (Å²) in [4.78, 5) is 6.84. The average molecular weight is 128 g/mol. The number of aromatic nitrogens is 2. The monoisotopic (exact) mass is 128 g/mol. The van der Waals surface area contributed by atoms with Gasteiger partial charge in [0.1, 0.15) is 0 Å². The van der Waals surface area contributed by atoms with Crippen LogP contribution in [0.2, 0.25) is 0 Å². The molecule has 3 heteroatoms. The van der Waals surface area contributed by atoms with Gasteiger partial charge in [-0.3, -0.25) is 0 Å². The second-order valence-corrected chi connectivity index (χ2v) is 1.82. The molecule has 0 saturated carbocycles. The lowest BCUT2D eigenvalue weighted by Crippen LogP contribution is -1.93. The number of hydrogen-bond donors (Lipinski definition) is 1. The number of hydrogen-bond acceptors (Lipinski definition) is 2. The van der Waals surface area contributed by atoms with Crippen LogP contribution in [0.1, 0.15) is 7.12 Å². The van der Waals surface area contributed by atoms with Crippen molar-refractivity contribution in [1.82, 2.24) is 9.97 Å². The first-order valence-electron chi connectivity index (χ1n) is 2.89. The van der Waals surface area contributed by atoms with Crippen LogP contribution in [0.5, 0.6) is 0 Å². The molecule has 1 heterocycles. The second kappa shape index (κ2) is 3.25. The number of imidazole rings is 1. The van der Waals surface area contributed by atoms with E-state index in [9.17, 15) is 0 Å². The number of methoxy groups -OCH3 is 1. The summed E-state index contributed by atoms with van der Waals surface area (Å²) in [5.74, 6) is 0. The third-order valence-corrected chi connectivity index (χ3v) is 1.13. The Morgan fingerprint density at radius 1 is 1.89 bits per heavy atom.